The van der Waals surface area contributed by atoms with Crippen molar-refractivity contribution in [3.05, 3.63) is 0 Å². The standard InChI is InChI=1S/C32H48N6O2/c1-17-2-22-4-18(3-21(1)35(22)37-25-9-29-11-26(37)12-30(10-25)39-29)33(17)34-19-5-23-7-20(34)8-24(6-19)36(23)38-27-13-31-15-28(38)16-32(14-27)40-31/h17-32H,1-16H2. The van der Waals surface area contributed by atoms with Crippen molar-refractivity contribution in [2.45, 2.75) is 200 Å². The summed E-state index contributed by atoms with van der Waals surface area (Å²) in [5, 5.41) is 18.1. The predicted molar refractivity (Wildman–Crippen MR) is 148 cm³/mol. The molecule has 0 spiro atoms. The molecule has 16 heterocycles. The van der Waals surface area contributed by atoms with Crippen LogP contribution in [-0.2, 0) is 9.47 Å². The number of nitrogens with zero attached hydrogens (tertiary/aromatic N) is 6. The van der Waals surface area contributed by atoms with Gasteiger partial charge in [-0.05, 0) is 103 Å². The first kappa shape index (κ1) is 23.1. The monoisotopic (exact) mass is 548 g/mol. The van der Waals surface area contributed by atoms with Crippen molar-refractivity contribution in [2.75, 3.05) is 0 Å². The van der Waals surface area contributed by atoms with Gasteiger partial charge in [0.15, 0.2) is 0 Å². The molecule has 8 nitrogen and oxygen atoms in total. The molecule has 16 bridgehead atoms. The van der Waals surface area contributed by atoms with Gasteiger partial charge in [-0.1, -0.05) is 0 Å². The molecule has 16 saturated heterocycles. The maximum atomic E-state index is 6.30. The number of piperidine rings is 12. The van der Waals surface area contributed by atoms with Crippen molar-refractivity contribution < 1.29 is 9.47 Å². The summed E-state index contributed by atoms with van der Waals surface area (Å²) in [5.74, 6) is 0. The van der Waals surface area contributed by atoms with Crippen molar-refractivity contribution in [1.82, 2.24) is 30.1 Å². The van der Waals surface area contributed by atoms with E-state index >= 15 is 0 Å². The molecule has 0 aromatic rings. The first-order valence-corrected chi connectivity index (χ1v) is 17.7. The van der Waals surface area contributed by atoms with Crippen molar-refractivity contribution in [2.24, 2.45) is 0 Å². The zero-order valence-corrected chi connectivity index (χ0v) is 24.1. The van der Waals surface area contributed by atoms with E-state index in [0.29, 0.717) is 24.4 Å². The van der Waals surface area contributed by atoms with Gasteiger partial charge < -0.3 is 9.47 Å². The number of fused-ring (bicyclic) bond motifs is 3. The van der Waals surface area contributed by atoms with Gasteiger partial charge in [0.05, 0.1) is 24.4 Å². The molecule has 0 N–H and O–H groups in total. The molecule has 0 radical (unpaired) electrons. The van der Waals surface area contributed by atoms with Gasteiger partial charge in [-0.25, -0.2) is 30.1 Å². The van der Waals surface area contributed by atoms with Crippen LogP contribution in [0.5, 0.6) is 0 Å². The Balaban J connectivity index is 0.780. The van der Waals surface area contributed by atoms with Gasteiger partial charge in [0.2, 0.25) is 0 Å². The van der Waals surface area contributed by atoms with E-state index in [2.05, 4.69) is 30.1 Å². The maximum Gasteiger partial charge on any atom is 0.0609 e. The van der Waals surface area contributed by atoms with Crippen LogP contribution in [0.15, 0.2) is 0 Å². The Hall–Kier alpha value is -0.320. The fourth-order valence-corrected chi connectivity index (χ4v) is 14.1. The van der Waals surface area contributed by atoms with Gasteiger partial charge in [-0.2, -0.15) is 0 Å². The summed E-state index contributed by atoms with van der Waals surface area (Å²) in [6.07, 6.45) is 24.0. The van der Waals surface area contributed by atoms with Gasteiger partial charge >= 0.3 is 0 Å². The quantitative estimate of drug-likeness (QED) is 0.533. The average Bonchev–Trinajstić information content (AvgIpc) is 2.90. The summed E-state index contributed by atoms with van der Waals surface area (Å²) in [5.41, 5.74) is 0. The highest BCUT2D eigenvalue weighted by Gasteiger charge is 2.63. The minimum Gasteiger partial charge on any atom is -0.375 e. The molecule has 218 valence electrons. The number of hydrogen-bond donors (Lipinski definition) is 0. The smallest absolute Gasteiger partial charge is 0.0609 e. The van der Waals surface area contributed by atoms with Crippen LogP contribution in [0.3, 0.4) is 0 Å². The lowest BCUT2D eigenvalue weighted by molar-refractivity contribution is -0.332. The number of hydrogen-bond acceptors (Lipinski definition) is 8. The SMILES string of the molecule is C1C2CC3CC(CC1N3N1C3CC4CC1CC(C3)N4N1C3CC4CC1CC(C3)N4N1C3CC4CC1CC(C3)O4)O2. The maximum absolute atomic E-state index is 6.30. The third-order valence-corrected chi connectivity index (χ3v) is 14.7. The fraction of sp³-hybridized carbons (Fsp3) is 1.00. The van der Waals surface area contributed by atoms with E-state index in [1.54, 1.807) is 0 Å². The minimum atomic E-state index is 0.571. The topological polar surface area (TPSA) is 37.9 Å². The van der Waals surface area contributed by atoms with E-state index in [1.807, 2.05) is 0 Å². The van der Waals surface area contributed by atoms with Crippen molar-refractivity contribution in [3.8, 4) is 0 Å². The molecule has 16 aliphatic rings. The Morgan fingerprint density at radius 3 is 0.550 bits per heavy atom. The van der Waals surface area contributed by atoms with Gasteiger partial charge in [0.1, 0.15) is 0 Å². The number of rotatable bonds is 3. The van der Waals surface area contributed by atoms with E-state index in [-0.39, 0.29) is 0 Å². The van der Waals surface area contributed by atoms with Gasteiger partial charge in [0, 0.05) is 72.5 Å². The normalized spacial score (nSPS) is 62.1. The van der Waals surface area contributed by atoms with Gasteiger partial charge in [-0.15, -0.1) is 0 Å². The molecule has 40 heavy (non-hydrogen) atoms. The van der Waals surface area contributed by atoms with E-state index in [0.717, 1.165) is 72.5 Å². The van der Waals surface area contributed by atoms with Crippen LogP contribution < -0.4 is 0 Å². The third kappa shape index (κ3) is 2.92. The predicted octanol–water partition coefficient (Wildman–Crippen LogP) is 2.88. The van der Waals surface area contributed by atoms with Crippen molar-refractivity contribution in [1.29, 1.82) is 0 Å². The molecule has 16 rings (SSSR count). The lowest BCUT2D eigenvalue weighted by Crippen LogP contribution is -2.82. The largest absolute Gasteiger partial charge is 0.375 e. The molecule has 0 aromatic carbocycles. The lowest BCUT2D eigenvalue weighted by Gasteiger charge is -2.72. The van der Waals surface area contributed by atoms with E-state index in [4.69, 9.17) is 9.47 Å². The summed E-state index contributed by atoms with van der Waals surface area (Å²) in [7, 11) is 0. The van der Waals surface area contributed by atoms with Crippen LogP contribution in [0.25, 0.3) is 0 Å². The van der Waals surface area contributed by atoms with E-state index < -0.39 is 0 Å². The molecule has 16 fully saturated rings. The van der Waals surface area contributed by atoms with Crippen molar-refractivity contribution in [3.63, 3.8) is 0 Å². The fourth-order valence-electron chi connectivity index (χ4n) is 14.1. The van der Waals surface area contributed by atoms with E-state index in [1.165, 1.54) is 103 Å². The molecule has 0 unspecified atom stereocenters. The highest BCUT2D eigenvalue weighted by molar-refractivity contribution is 5.14. The van der Waals surface area contributed by atoms with Crippen LogP contribution >= 0.6 is 0 Å². The summed E-state index contributed by atoms with van der Waals surface area (Å²) in [4.78, 5) is 0. The second-order valence-corrected chi connectivity index (χ2v) is 16.7. The Morgan fingerprint density at radius 2 is 0.375 bits per heavy atom. The summed E-state index contributed by atoms with van der Waals surface area (Å²) in [6, 6.07) is 9.56. The Bertz CT molecular complexity index is 901. The Kier molecular flexibility index (Phi) is 4.53. The van der Waals surface area contributed by atoms with Crippen LogP contribution in [-0.4, -0.2) is 127 Å². The zero-order valence-electron chi connectivity index (χ0n) is 24.1. The second kappa shape index (κ2) is 7.84. The molecule has 0 amide bonds. The lowest BCUT2D eigenvalue weighted by atomic mass is 9.71. The van der Waals surface area contributed by atoms with E-state index in [9.17, 15) is 0 Å². The Morgan fingerprint density at radius 1 is 0.225 bits per heavy atom. The Labute approximate surface area is 239 Å². The minimum absolute atomic E-state index is 0.571. The van der Waals surface area contributed by atoms with Crippen LogP contribution in [0.1, 0.15) is 103 Å². The summed E-state index contributed by atoms with van der Waals surface area (Å²) in [6.45, 7) is 0. The van der Waals surface area contributed by atoms with Crippen LogP contribution in [0.4, 0.5) is 0 Å². The second-order valence-electron chi connectivity index (χ2n) is 16.7. The molecule has 8 heteroatoms. The van der Waals surface area contributed by atoms with Crippen molar-refractivity contribution >= 4 is 0 Å². The van der Waals surface area contributed by atoms with Gasteiger partial charge in [0.25, 0.3) is 0 Å². The summed E-state index contributed by atoms with van der Waals surface area (Å²) < 4.78 is 12.6. The number of ether oxygens (including phenoxy) is 2. The van der Waals surface area contributed by atoms with Crippen LogP contribution in [0, 0.1) is 0 Å². The molecule has 0 saturated carbocycles. The molecule has 16 aliphatic heterocycles. The van der Waals surface area contributed by atoms with Gasteiger partial charge in [-0.3, -0.25) is 0 Å². The average molecular weight is 549 g/mol. The first-order valence-electron chi connectivity index (χ1n) is 17.7. The first-order chi connectivity index (χ1) is 19.7. The molecular weight excluding hydrogens is 500 g/mol. The molecule has 0 aromatic heterocycles. The van der Waals surface area contributed by atoms with Crippen LogP contribution in [0.2, 0.25) is 0 Å². The molecular formula is C32H48N6O2. The number of hydrazine groups is 3. The third-order valence-electron chi connectivity index (χ3n) is 14.7. The summed E-state index contributed by atoms with van der Waals surface area (Å²) >= 11 is 0. The highest BCUT2D eigenvalue weighted by atomic mass is 16.5. The zero-order chi connectivity index (χ0) is 25.4. The molecule has 0 atom stereocenters. The highest BCUT2D eigenvalue weighted by Crippen LogP contribution is 2.55. The molecule has 0 aliphatic carbocycles.